The first-order valence-corrected chi connectivity index (χ1v) is 10.5. The van der Waals surface area contributed by atoms with Crippen LogP contribution in [0, 0.1) is 0 Å². The van der Waals surface area contributed by atoms with Crippen LogP contribution in [0.2, 0.25) is 5.02 Å². The number of thiazole rings is 1. The Bertz CT molecular complexity index is 1100. The van der Waals surface area contributed by atoms with Gasteiger partial charge in [-0.2, -0.15) is 4.99 Å². The van der Waals surface area contributed by atoms with Gasteiger partial charge in [0, 0.05) is 23.7 Å². The van der Waals surface area contributed by atoms with Crippen molar-refractivity contribution in [2.24, 2.45) is 4.99 Å². The van der Waals surface area contributed by atoms with Crippen LogP contribution >= 0.6 is 22.9 Å². The van der Waals surface area contributed by atoms with Crippen molar-refractivity contribution in [3.05, 3.63) is 63.4 Å². The Morgan fingerprint density at radius 1 is 1.10 bits per heavy atom. The number of nitrogens with zero attached hydrogens (tertiary/aromatic N) is 2. The van der Waals surface area contributed by atoms with Gasteiger partial charge < -0.3 is 14.0 Å². The van der Waals surface area contributed by atoms with E-state index < -0.39 is 0 Å². The molecule has 0 radical (unpaired) electrons. The highest BCUT2D eigenvalue weighted by Crippen LogP contribution is 2.20. The van der Waals surface area contributed by atoms with Crippen LogP contribution in [0.1, 0.15) is 34.6 Å². The maximum atomic E-state index is 12.6. The molecule has 0 N–H and O–H groups in total. The molecular weight excluding hydrogens is 412 g/mol. The molecule has 0 unspecified atom stereocenters. The molecule has 0 saturated heterocycles. The number of halogens is 1. The number of rotatable bonds is 7. The predicted octanol–water partition coefficient (Wildman–Crippen LogP) is 4.31. The number of amides is 1. The highest BCUT2D eigenvalue weighted by atomic mass is 35.5. The fraction of sp³-hybridized carbons (Fsp3) is 0.286. The van der Waals surface area contributed by atoms with E-state index in [2.05, 4.69) is 4.99 Å². The van der Waals surface area contributed by atoms with Gasteiger partial charge in [0.2, 0.25) is 0 Å². The number of esters is 1. The summed E-state index contributed by atoms with van der Waals surface area (Å²) in [6, 6.07) is 12.0. The monoisotopic (exact) mass is 432 g/mol. The van der Waals surface area contributed by atoms with E-state index in [4.69, 9.17) is 21.1 Å². The van der Waals surface area contributed by atoms with Crippen LogP contribution in [0.4, 0.5) is 0 Å². The maximum absolute atomic E-state index is 12.6. The van der Waals surface area contributed by atoms with E-state index in [0.717, 1.165) is 10.2 Å². The summed E-state index contributed by atoms with van der Waals surface area (Å²) in [5.74, 6) is -0.757. The quantitative estimate of drug-likeness (QED) is 0.412. The summed E-state index contributed by atoms with van der Waals surface area (Å²) in [6.07, 6.45) is 0. The molecule has 3 rings (SSSR count). The number of hydrogen-bond donors (Lipinski definition) is 0. The van der Waals surface area contributed by atoms with E-state index in [-0.39, 0.29) is 11.9 Å². The van der Waals surface area contributed by atoms with Gasteiger partial charge in [0.1, 0.15) is 0 Å². The second-order valence-electron chi connectivity index (χ2n) is 6.06. The van der Waals surface area contributed by atoms with Gasteiger partial charge in [-0.3, -0.25) is 4.79 Å². The Kier molecular flexibility index (Phi) is 7.19. The Morgan fingerprint density at radius 3 is 2.66 bits per heavy atom. The van der Waals surface area contributed by atoms with Gasteiger partial charge >= 0.3 is 5.97 Å². The Morgan fingerprint density at radius 2 is 1.93 bits per heavy atom. The summed E-state index contributed by atoms with van der Waals surface area (Å²) in [5, 5.41) is 0.477. The molecule has 0 atom stereocenters. The van der Waals surface area contributed by atoms with E-state index in [1.54, 1.807) is 43.3 Å². The van der Waals surface area contributed by atoms with Crippen molar-refractivity contribution >= 4 is 45.0 Å². The summed E-state index contributed by atoms with van der Waals surface area (Å²) in [4.78, 5) is 29.5. The van der Waals surface area contributed by atoms with Crippen molar-refractivity contribution < 1.29 is 19.1 Å². The Hall–Kier alpha value is -2.48. The molecule has 2 aromatic carbocycles. The molecular formula is C21H21ClN2O4S. The van der Waals surface area contributed by atoms with Gasteiger partial charge in [-0.25, -0.2) is 4.79 Å². The third-order valence-corrected chi connectivity index (χ3v) is 5.40. The SMILES string of the molecule is CCOCCn1c(=NC(=O)c2cccc(Cl)c2)sc2cc(C(=O)OCC)ccc21. The zero-order chi connectivity index (χ0) is 20.8. The molecule has 3 aromatic rings. The first-order valence-electron chi connectivity index (χ1n) is 9.26. The van der Waals surface area contributed by atoms with Gasteiger partial charge in [-0.05, 0) is 50.2 Å². The molecule has 29 heavy (non-hydrogen) atoms. The normalized spacial score (nSPS) is 11.8. The molecule has 0 fully saturated rings. The second kappa shape index (κ2) is 9.82. The lowest BCUT2D eigenvalue weighted by Gasteiger charge is -2.06. The van der Waals surface area contributed by atoms with Gasteiger partial charge in [-0.15, -0.1) is 0 Å². The van der Waals surface area contributed by atoms with Crippen LogP contribution < -0.4 is 4.80 Å². The van der Waals surface area contributed by atoms with Crippen LogP contribution in [0.15, 0.2) is 47.5 Å². The molecule has 0 aliphatic rings. The van der Waals surface area contributed by atoms with E-state index in [0.29, 0.717) is 47.3 Å². The van der Waals surface area contributed by atoms with Crippen molar-refractivity contribution in [3.8, 4) is 0 Å². The number of aromatic nitrogens is 1. The third-order valence-electron chi connectivity index (χ3n) is 4.13. The van der Waals surface area contributed by atoms with Gasteiger partial charge in [-0.1, -0.05) is 29.0 Å². The zero-order valence-corrected chi connectivity index (χ0v) is 17.8. The minimum absolute atomic E-state index is 0.310. The standard InChI is InChI=1S/C21H21ClN2O4S/c1-3-27-11-10-24-17-9-8-15(20(26)28-4-2)13-18(17)29-21(24)23-19(25)14-6-5-7-16(22)12-14/h5-9,12-13H,3-4,10-11H2,1-2H3. The molecule has 1 aromatic heterocycles. The first kappa shape index (κ1) is 21.2. The first-order chi connectivity index (χ1) is 14.0. The molecule has 8 heteroatoms. The minimum Gasteiger partial charge on any atom is -0.462 e. The number of fused-ring (bicyclic) bond motifs is 1. The van der Waals surface area contributed by atoms with Gasteiger partial charge in [0.15, 0.2) is 4.80 Å². The number of carbonyl (C=O) groups is 2. The average molecular weight is 433 g/mol. The molecule has 0 bridgehead atoms. The Balaban J connectivity index is 2.06. The lowest BCUT2D eigenvalue weighted by molar-refractivity contribution is 0.0526. The summed E-state index contributed by atoms with van der Waals surface area (Å²) in [5.41, 5.74) is 1.75. The van der Waals surface area contributed by atoms with E-state index >= 15 is 0 Å². The molecule has 0 spiro atoms. The Labute approximate surface area is 177 Å². The largest absolute Gasteiger partial charge is 0.462 e. The fourth-order valence-corrected chi connectivity index (χ4v) is 4.07. The third kappa shape index (κ3) is 5.12. The topological polar surface area (TPSA) is 69.9 Å². The van der Waals surface area contributed by atoms with Gasteiger partial charge in [0.25, 0.3) is 5.91 Å². The summed E-state index contributed by atoms with van der Waals surface area (Å²) in [7, 11) is 0. The van der Waals surface area contributed by atoms with Crippen molar-refractivity contribution in [3.63, 3.8) is 0 Å². The molecule has 0 aliphatic carbocycles. The van der Waals surface area contributed by atoms with Crippen LogP contribution in [0.3, 0.4) is 0 Å². The number of benzene rings is 2. The van der Waals surface area contributed by atoms with Crippen molar-refractivity contribution in [2.45, 2.75) is 20.4 Å². The number of carbonyl (C=O) groups excluding carboxylic acids is 2. The molecule has 6 nitrogen and oxygen atoms in total. The van der Waals surface area contributed by atoms with Gasteiger partial charge in [0.05, 0.1) is 29.0 Å². The number of hydrogen-bond acceptors (Lipinski definition) is 5. The van der Waals surface area contributed by atoms with Crippen molar-refractivity contribution in [2.75, 3.05) is 19.8 Å². The average Bonchev–Trinajstić information content (AvgIpc) is 3.04. The second-order valence-corrected chi connectivity index (χ2v) is 7.51. The zero-order valence-electron chi connectivity index (χ0n) is 16.2. The number of ether oxygens (including phenoxy) is 2. The highest BCUT2D eigenvalue weighted by molar-refractivity contribution is 7.16. The lowest BCUT2D eigenvalue weighted by atomic mass is 10.2. The highest BCUT2D eigenvalue weighted by Gasteiger charge is 2.13. The van der Waals surface area contributed by atoms with Crippen molar-refractivity contribution in [1.29, 1.82) is 0 Å². The van der Waals surface area contributed by atoms with E-state index in [9.17, 15) is 9.59 Å². The molecule has 1 amide bonds. The van der Waals surface area contributed by atoms with E-state index in [1.807, 2.05) is 17.6 Å². The summed E-state index contributed by atoms with van der Waals surface area (Å²) < 4.78 is 13.3. The predicted molar refractivity (Wildman–Crippen MR) is 114 cm³/mol. The van der Waals surface area contributed by atoms with Crippen LogP contribution in [-0.4, -0.2) is 36.3 Å². The van der Waals surface area contributed by atoms with E-state index in [1.165, 1.54) is 11.3 Å². The summed E-state index contributed by atoms with van der Waals surface area (Å²) >= 11 is 7.33. The molecule has 0 aliphatic heterocycles. The van der Waals surface area contributed by atoms with Crippen LogP contribution in [-0.2, 0) is 16.0 Å². The maximum Gasteiger partial charge on any atom is 0.338 e. The van der Waals surface area contributed by atoms with Crippen LogP contribution in [0.25, 0.3) is 10.2 Å². The molecule has 152 valence electrons. The minimum atomic E-state index is -0.380. The van der Waals surface area contributed by atoms with Crippen molar-refractivity contribution in [1.82, 2.24) is 4.57 Å². The summed E-state index contributed by atoms with van der Waals surface area (Å²) in [6.45, 7) is 5.63. The van der Waals surface area contributed by atoms with Crippen LogP contribution in [0.5, 0.6) is 0 Å². The fourth-order valence-electron chi connectivity index (χ4n) is 2.79. The smallest absolute Gasteiger partial charge is 0.338 e. The lowest BCUT2D eigenvalue weighted by Crippen LogP contribution is -2.19. The molecule has 1 heterocycles. The molecule has 0 saturated carbocycles.